The number of aliphatic hydroxyl groups is 1. The third-order valence-electron chi connectivity index (χ3n) is 5.81. The zero-order valence-electron chi connectivity index (χ0n) is 22.7. The molecule has 1 saturated carbocycles. The summed E-state index contributed by atoms with van der Waals surface area (Å²) < 4.78 is 5.19. The third-order valence-corrected chi connectivity index (χ3v) is 7.27. The molecule has 0 spiro atoms. The van der Waals surface area contributed by atoms with Gasteiger partial charge in [-0.2, -0.15) is 0 Å². The van der Waals surface area contributed by atoms with Gasteiger partial charge in [-0.05, 0) is 74.2 Å². The molecule has 2 aliphatic rings. The number of anilines is 2. The van der Waals surface area contributed by atoms with Crippen LogP contribution in [0.2, 0.25) is 0 Å². The summed E-state index contributed by atoms with van der Waals surface area (Å²) in [4.78, 5) is 26.3. The van der Waals surface area contributed by atoms with E-state index < -0.39 is 6.09 Å². The number of thioether (sulfide) groups is 1. The molecule has 40 heavy (non-hydrogen) atoms. The minimum absolute atomic E-state index is 0. The van der Waals surface area contributed by atoms with Crippen LogP contribution >= 0.6 is 11.8 Å². The average Bonchev–Trinajstić information content (AvgIpc) is 3.75. The van der Waals surface area contributed by atoms with Crippen molar-refractivity contribution in [2.75, 3.05) is 23.8 Å². The van der Waals surface area contributed by atoms with E-state index in [1.165, 1.54) is 0 Å². The molecule has 0 aliphatic heterocycles. The van der Waals surface area contributed by atoms with Gasteiger partial charge in [-0.25, -0.2) is 19.7 Å². The Morgan fingerprint density at radius 1 is 1.10 bits per heavy atom. The molecule has 0 saturated heterocycles. The number of ether oxygens (including phenoxy) is 1. The van der Waals surface area contributed by atoms with Crippen molar-refractivity contribution in [3.63, 3.8) is 0 Å². The fourth-order valence-electron chi connectivity index (χ4n) is 3.83. The number of amides is 1. The molecule has 2 heterocycles. The Kier molecular flexibility index (Phi) is 12.8. The van der Waals surface area contributed by atoms with E-state index >= 15 is 0 Å². The predicted octanol–water partition coefficient (Wildman–Crippen LogP) is 5.13. The zero-order chi connectivity index (χ0) is 26.8. The van der Waals surface area contributed by atoms with E-state index in [-0.39, 0.29) is 23.7 Å². The second-order valence-corrected chi connectivity index (χ2v) is 9.96. The lowest BCUT2D eigenvalue weighted by Gasteiger charge is -2.17. The van der Waals surface area contributed by atoms with E-state index in [1.54, 1.807) is 36.2 Å². The summed E-state index contributed by atoms with van der Waals surface area (Å²) in [6.45, 7) is 4.40. The van der Waals surface area contributed by atoms with Crippen LogP contribution in [0, 0.1) is 0 Å². The number of hydrogen-bond donors (Lipinski definition) is 3. The van der Waals surface area contributed by atoms with Crippen molar-refractivity contribution in [1.29, 1.82) is 0 Å². The maximum Gasteiger partial charge on any atom is 0.417 e. The highest BCUT2D eigenvalue weighted by molar-refractivity contribution is 8.00. The van der Waals surface area contributed by atoms with Crippen molar-refractivity contribution in [2.24, 2.45) is 0 Å². The summed E-state index contributed by atoms with van der Waals surface area (Å²) in [5, 5.41) is 16.2. The minimum Gasteiger partial charge on any atom is -0.412 e. The maximum atomic E-state index is 12.2. The molecule has 11 heteroatoms. The topological polar surface area (TPSA) is 172 Å². The predicted molar refractivity (Wildman–Crippen MR) is 161 cm³/mol. The van der Waals surface area contributed by atoms with Crippen LogP contribution in [-0.4, -0.2) is 50.3 Å². The average molecular weight is 570 g/mol. The fraction of sp³-hybridized carbons (Fsp3) is 0.310. The Bertz CT molecular complexity index is 1290. The Morgan fingerprint density at radius 3 is 2.50 bits per heavy atom. The van der Waals surface area contributed by atoms with Crippen LogP contribution in [0.1, 0.15) is 46.7 Å². The van der Waals surface area contributed by atoms with Crippen LogP contribution in [0.25, 0.3) is 11.4 Å². The Labute approximate surface area is 240 Å². The number of pyridine rings is 1. The fourth-order valence-corrected chi connectivity index (χ4v) is 5.01. The van der Waals surface area contributed by atoms with Crippen molar-refractivity contribution in [2.45, 2.75) is 49.3 Å². The number of nitrogens with one attached hydrogen (secondary N) is 2. The summed E-state index contributed by atoms with van der Waals surface area (Å²) >= 11 is 1.72. The van der Waals surface area contributed by atoms with E-state index in [1.807, 2.05) is 62.4 Å². The molecule has 1 aromatic carbocycles. The summed E-state index contributed by atoms with van der Waals surface area (Å²) in [5.74, 6) is 1.80. The molecule has 1 amide bonds. The van der Waals surface area contributed by atoms with Crippen molar-refractivity contribution < 1.29 is 27.0 Å². The molecule has 10 nitrogen and oxygen atoms in total. The van der Waals surface area contributed by atoms with Gasteiger partial charge in [0.15, 0.2) is 5.82 Å². The highest BCUT2D eigenvalue weighted by atomic mass is 32.2. The number of rotatable bonds is 9. The smallest absolute Gasteiger partial charge is 0.412 e. The van der Waals surface area contributed by atoms with Crippen LogP contribution < -0.4 is 10.6 Å². The quantitative estimate of drug-likeness (QED) is 0.318. The number of aliphatic hydroxyl groups excluding tert-OH is 1. The highest BCUT2D eigenvalue weighted by Gasteiger charge is 2.47. The van der Waals surface area contributed by atoms with E-state index in [4.69, 9.17) is 9.72 Å². The van der Waals surface area contributed by atoms with Gasteiger partial charge in [0.2, 0.25) is 0 Å². The first-order valence-electron chi connectivity index (χ1n) is 12.9. The lowest BCUT2D eigenvalue weighted by Crippen LogP contribution is -2.13. The molecule has 0 radical (unpaired) electrons. The molecular formula is C29H39N5O5S. The van der Waals surface area contributed by atoms with Crippen LogP contribution in [-0.2, 0) is 9.48 Å². The number of aromatic nitrogens is 3. The zero-order valence-corrected chi connectivity index (χ0v) is 23.5. The van der Waals surface area contributed by atoms with Crippen LogP contribution in [0.15, 0.2) is 83.7 Å². The van der Waals surface area contributed by atoms with Crippen LogP contribution in [0.4, 0.5) is 16.3 Å². The molecule has 0 unspecified atom stereocenters. The number of hydrogen-bond acceptors (Lipinski definition) is 8. The molecule has 7 N–H and O–H groups in total. The van der Waals surface area contributed by atoms with Crippen molar-refractivity contribution in [3.8, 4) is 11.4 Å². The first-order chi connectivity index (χ1) is 18.6. The number of allylic oxidation sites excluding steroid dienone is 3. The Morgan fingerprint density at radius 2 is 1.88 bits per heavy atom. The molecular weight excluding hydrogens is 530 g/mol. The second-order valence-electron chi connectivity index (χ2n) is 8.55. The molecule has 1 fully saturated rings. The van der Waals surface area contributed by atoms with E-state index in [9.17, 15) is 9.90 Å². The molecule has 216 valence electrons. The van der Waals surface area contributed by atoms with E-state index in [0.29, 0.717) is 29.6 Å². The minimum atomic E-state index is -0.531. The van der Waals surface area contributed by atoms with Crippen molar-refractivity contribution in [1.82, 2.24) is 15.0 Å². The van der Waals surface area contributed by atoms with Crippen molar-refractivity contribution >= 4 is 29.4 Å². The second kappa shape index (κ2) is 15.7. The SMILES string of the molecule is CC.O.O.O=C(Nc1ccc(-c2nc(NCCO)cc(C3(Sc4ccccn4)CC3)n2)cc1)OC1=CCCC=C1.[HH]. The van der Waals surface area contributed by atoms with Crippen LogP contribution in [0.5, 0.6) is 0 Å². The molecule has 0 bridgehead atoms. The monoisotopic (exact) mass is 569 g/mol. The number of carbonyl (C=O) groups excluding carboxylic acids is 1. The molecule has 2 aliphatic carbocycles. The van der Waals surface area contributed by atoms with Crippen molar-refractivity contribution in [3.05, 3.63) is 84.4 Å². The lowest BCUT2D eigenvalue weighted by molar-refractivity contribution is 0.194. The third kappa shape index (κ3) is 8.62. The lowest BCUT2D eigenvalue weighted by atomic mass is 10.1. The summed E-state index contributed by atoms with van der Waals surface area (Å²) in [6.07, 6.45) is 10.8. The number of carbonyl (C=O) groups is 1. The first kappa shape index (κ1) is 32.4. The normalized spacial score (nSPS) is 14.2. The van der Waals surface area contributed by atoms with Gasteiger partial charge in [0.1, 0.15) is 11.6 Å². The van der Waals surface area contributed by atoms with Gasteiger partial charge in [-0.3, -0.25) is 5.32 Å². The van der Waals surface area contributed by atoms with Gasteiger partial charge in [-0.1, -0.05) is 37.8 Å². The van der Waals surface area contributed by atoms with E-state index in [0.717, 1.165) is 42.0 Å². The van der Waals surface area contributed by atoms with Gasteiger partial charge >= 0.3 is 6.09 Å². The van der Waals surface area contributed by atoms with Gasteiger partial charge in [0, 0.05) is 31.5 Å². The van der Waals surface area contributed by atoms with Gasteiger partial charge < -0.3 is 26.1 Å². The van der Waals surface area contributed by atoms with Crippen LogP contribution in [0.3, 0.4) is 0 Å². The number of benzene rings is 1. The first-order valence-corrected chi connectivity index (χ1v) is 13.8. The van der Waals surface area contributed by atoms with Gasteiger partial charge in [-0.15, -0.1) is 0 Å². The molecule has 0 atom stereocenters. The van der Waals surface area contributed by atoms with Gasteiger partial charge in [0.25, 0.3) is 0 Å². The summed E-state index contributed by atoms with van der Waals surface area (Å²) in [7, 11) is 0. The summed E-state index contributed by atoms with van der Waals surface area (Å²) in [6, 6.07) is 15.2. The maximum absolute atomic E-state index is 12.2. The standard InChI is InChI=1S/C27H27N5O3S.C2H6.2H2O.H2/c33-17-16-28-23-18-22(27(13-14-27)36-24-8-4-5-15-29-24)31-25(32-23)19-9-11-20(12-10-19)30-26(34)35-21-6-2-1-3-7-21;1-2;;;/h2,4-12,15,18,33H,1,3,13-14,16-17H2,(H,30,34)(H,28,31,32);1-2H3;2*1H2;1H. The van der Waals surface area contributed by atoms with E-state index in [2.05, 4.69) is 20.6 Å². The molecule has 3 aromatic rings. The van der Waals surface area contributed by atoms with Gasteiger partial charge in [0.05, 0.1) is 22.1 Å². The molecule has 2 aromatic heterocycles. The Hall–Kier alpha value is -3.77. The highest BCUT2D eigenvalue weighted by Crippen LogP contribution is 2.58. The Balaban J connectivity index is 0.00000165. The number of nitrogens with zero attached hydrogens (tertiary/aromatic N) is 3. The largest absolute Gasteiger partial charge is 0.417 e. The molecule has 5 rings (SSSR count). The summed E-state index contributed by atoms with van der Waals surface area (Å²) in [5.41, 5.74) is 2.37.